The lowest BCUT2D eigenvalue weighted by Gasteiger charge is -2.08. The summed E-state index contributed by atoms with van der Waals surface area (Å²) < 4.78 is 3.15. The summed E-state index contributed by atoms with van der Waals surface area (Å²) in [5.74, 6) is 0.658. The summed E-state index contributed by atoms with van der Waals surface area (Å²) in [5, 5.41) is 13.3. The van der Waals surface area contributed by atoms with E-state index in [-0.39, 0.29) is 6.61 Å². The fourth-order valence-corrected chi connectivity index (χ4v) is 2.94. The highest BCUT2D eigenvalue weighted by Gasteiger charge is 2.30. The average molecular weight is 321 g/mol. The molecule has 0 unspecified atom stereocenters. The fraction of sp³-hybridized carbons (Fsp3) is 0.400. The third kappa shape index (κ3) is 2.74. The van der Waals surface area contributed by atoms with Gasteiger partial charge in [-0.25, -0.2) is 4.68 Å². The van der Waals surface area contributed by atoms with Crippen LogP contribution in [0.15, 0.2) is 34.9 Å². The first-order chi connectivity index (χ1) is 9.29. The van der Waals surface area contributed by atoms with E-state index < -0.39 is 0 Å². The molecular weight excluding hydrogens is 304 g/mol. The molecule has 3 nitrogen and oxygen atoms in total. The number of halogens is 1. The Morgan fingerprint density at radius 1 is 1.26 bits per heavy atom. The van der Waals surface area contributed by atoms with Crippen LogP contribution in [0.4, 0.5) is 0 Å². The SMILES string of the molecule is OCCCc1ccc(-n2ncc(Br)c2C2CC2)cc1. The molecule has 19 heavy (non-hydrogen) atoms. The average Bonchev–Trinajstić information content (AvgIpc) is 3.20. The lowest BCUT2D eigenvalue weighted by atomic mass is 10.1. The van der Waals surface area contributed by atoms with E-state index in [1.54, 1.807) is 0 Å². The minimum atomic E-state index is 0.250. The molecule has 4 heteroatoms. The first-order valence-corrected chi connectivity index (χ1v) is 7.52. The normalized spacial score (nSPS) is 14.8. The van der Waals surface area contributed by atoms with E-state index in [0.29, 0.717) is 5.92 Å². The molecule has 0 spiro atoms. The Morgan fingerprint density at radius 3 is 2.63 bits per heavy atom. The highest BCUT2D eigenvalue weighted by atomic mass is 79.9. The van der Waals surface area contributed by atoms with Gasteiger partial charge in [0.25, 0.3) is 0 Å². The third-order valence-corrected chi connectivity index (χ3v) is 4.14. The molecule has 1 N–H and O–H groups in total. The van der Waals surface area contributed by atoms with Crippen LogP contribution in [-0.2, 0) is 6.42 Å². The standard InChI is InChI=1S/C15H17BrN2O/c16-14-10-17-18(15(14)12-5-6-12)13-7-3-11(4-8-13)2-1-9-19/h3-4,7-8,10,12,19H,1-2,5-6,9H2. The molecule has 0 radical (unpaired) electrons. The number of aromatic nitrogens is 2. The van der Waals surface area contributed by atoms with Gasteiger partial charge in [-0.1, -0.05) is 12.1 Å². The molecule has 3 rings (SSSR count). The molecule has 0 amide bonds. The van der Waals surface area contributed by atoms with Crippen LogP contribution < -0.4 is 0 Å². The lowest BCUT2D eigenvalue weighted by Crippen LogP contribution is -2.01. The molecule has 1 saturated carbocycles. The smallest absolute Gasteiger partial charge is 0.0649 e. The van der Waals surface area contributed by atoms with Gasteiger partial charge in [0.05, 0.1) is 22.1 Å². The molecule has 2 aromatic rings. The molecule has 1 aromatic carbocycles. The van der Waals surface area contributed by atoms with Gasteiger partial charge in [0.15, 0.2) is 0 Å². The first-order valence-electron chi connectivity index (χ1n) is 6.73. The van der Waals surface area contributed by atoms with Gasteiger partial charge < -0.3 is 5.11 Å². The molecule has 0 atom stereocenters. The zero-order valence-electron chi connectivity index (χ0n) is 10.7. The maximum absolute atomic E-state index is 8.85. The molecular formula is C15H17BrN2O. The van der Waals surface area contributed by atoms with Crippen molar-refractivity contribution in [2.45, 2.75) is 31.6 Å². The Bertz CT molecular complexity index is 558. The monoisotopic (exact) mass is 320 g/mol. The number of hydrogen-bond acceptors (Lipinski definition) is 2. The van der Waals surface area contributed by atoms with Crippen molar-refractivity contribution in [2.24, 2.45) is 0 Å². The largest absolute Gasteiger partial charge is 0.396 e. The van der Waals surface area contributed by atoms with Crippen LogP contribution in [0.3, 0.4) is 0 Å². The number of aliphatic hydroxyl groups is 1. The van der Waals surface area contributed by atoms with Gasteiger partial charge in [0, 0.05) is 12.5 Å². The second kappa shape index (κ2) is 5.47. The van der Waals surface area contributed by atoms with E-state index in [1.165, 1.54) is 24.1 Å². The minimum absolute atomic E-state index is 0.250. The predicted octanol–water partition coefficient (Wildman–Crippen LogP) is 3.44. The summed E-state index contributed by atoms with van der Waals surface area (Å²) in [5.41, 5.74) is 3.67. The van der Waals surface area contributed by atoms with Crippen molar-refractivity contribution >= 4 is 15.9 Å². The van der Waals surface area contributed by atoms with Crippen LogP contribution in [0.25, 0.3) is 5.69 Å². The van der Waals surface area contributed by atoms with Crippen LogP contribution in [0.5, 0.6) is 0 Å². The highest BCUT2D eigenvalue weighted by Crippen LogP contribution is 2.43. The lowest BCUT2D eigenvalue weighted by molar-refractivity contribution is 0.288. The van der Waals surface area contributed by atoms with Gasteiger partial charge in [-0.3, -0.25) is 0 Å². The summed E-state index contributed by atoms with van der Waals surface area (Å²) in [6.45, 7) is 0.250. The van der Waals surface area contributed by atoms with Crippen LogP contribution in [0.2, 0.25) is 0 Å². The van der Waals surface area contributed by atoms with Crippen LogP contribution >= 0.6 is 15.9 Å². The van der Waals surface area contributed by atoms with E-state index in [4.69, 9.17) is 5.11 Å². The molecule has 1 fully saturated rings. The van der Waals surface area contributed by atoms with Crippen molar-refractivity contribution in [2.75, 3.05) is 6.61 Å². The van der Waals surface area contributed by atoms with Crippen molar-refractivity contribution in [1.29, 1.82) is 0 Å². The molecule has 0 bridgehead atoms. The molecule has 100 valence electrons. The van der Waals surface area contributed by atoms with E-state index in [9.17, 15) is 0 Å². The highest BCUT2D eigenvalue weighted by molar-refractivity contribution is 9.10. The van der Waals surface area contributed by atoms with E-state index in [0.717, 1.165) is 23.0 Å². The van der Waals surface area contributed by atoms with Gasteiger partial charge in [-0.05, 0) is 59.3 Å². The number of rotatable bonds is 5. The zero-order chi connectivity index (χ0) is 13.2. The summed E-state index contributed by atoms with van der Waals surface area (Å²) in [6.07, 6.45) is 6.15. The molecule has 1 aliphatic carbocycles. The second-order valence-electron chi connectivity index (χ2n) is 5.06. The summed E-state index contributed by atoms with van der Waals surface area (Å²) in [4.78, 5) is 0. The van der Waals surface area contributed by atoms with E-state index >= 15 is 0 Å². The van der Waals surface area contributed by atoms with E-state index in [2.05, 4.69) is 45.3 Å². The van der Waals surface area contributed by atoms with Crippen LogP contribution in [0.1, 0.15) is 36.4 Å². The maximum atomic E-state index is 8.85. The van der Waals surface area contributed by atoms with Crippen molar-refractivity contribution in [1.82, 2.24) is 9.78 Å². The van der Waals surface area contributed by atoms with Crippen molar-refractivity contribution in [3.63, 3.8) is 0 Å². The molecule has 1 heterocycles. The Morgan fingerprint density at radius 2 is 2.00 bits per heavy atom. The Kier molecular flexibility index (Phi) is 3.71. The van der Waals surface area contributed by atoms with Gasteiger partial charge in [0.2, 0.25) is 0 Å². The Hall–Kier alpha value is -1.13. The quantitative estimate of drug-likeness (QED) is 0.916. The van der Waals surface area contributed by atoms with Gasteiger partial charge in [0.1, 0.15) is 0 Å². The van der Waals surface area contributed by atoms with E-state index in [1.807, 2.05) is 10.9 Å². The zero-order valence-corrected chi connectivity index (χ0v) is 12.3. The Labute approximate surface area is 121 Å². The minimum Gasteiger partial charge on any atom is -0.396 e. The van der Waals surface area contributed by atoms with Crippen LogP contribution in [-0.4, -0.2) is 21.5 Å². The molecule has 1 aromatic heterocycles. The topological polar surface area (TPSA) is 38.0 Å². The number of hydrogen-bond donors (Lipinski definition) is 1. The van der Waals surface area contributed by atoms with Crippen LogP contribution in [0, 0.1) is 0 Å². The summed E-state index contributed by atoms with van der Waals surface area (Å²) in [6, 6.07) is 8.46. The van der Waals surface area contributed by atoms with Crippen molar-refractivity contribution in [3.8, 4) is 5.69 Å². The van der Waals surface area contributed by atoms with Crippen molar-refractivity contribution < 1.29 is 5.11 Å². The molecule has 0 aliphatic heterocycles. The van der Waals surface area contributed by atoms with Crippen molar-refractivity contribution in [3.05, 3.63) is 46.2 Å². The predicted molar refractivity (Wildman–Crippen MR) is 78.6 cm³/mol. The number of aliphatic hydroxyl groups excluding tert-OH is 1. The maximum Gasteiger partial charge on any atom is 0.0649 e. The third-order valence-electron chi connectivity index (χ3n) is 3.53. The van der Waals surface area contributed by atoms with Gasteiger partial charge in [-0.15, -0.1) is 0 Å². The van der Waals surface area contributed by atoms with Gasteiger partial charge in [-0.2, -0.15) is 5.10 Å². The number of nitrogens with zero attached hydrogens (tertiary/aromatic N) is 2. The fourth-order valence-electron chi connectivity index (χ4n) is 2.36. The summed E-state index contributed by atoms with van der Waals surface area (Å²) >= 11 is 3.59. The number of aryl methyl sites for hydroxylation is 1. The first kappa shape index (κ1) is 12.9. The molecule has 1 aliphatic rings. The second-order valence-corrected chi connectivity index (χ2v) is 5.91. The molecule has 0 saturated heterocycles. The Balaban J connectivity index is 1.86. The number of benzene rings is 1. The van der Waals surface area contributed by atoms with Gasteiger partial charge >= 0.3 is 0 Å². The summed E-state index contributed by atoms with van der Waals surface area (Å²) in [7, 11) is 0.